The van der Waals surface area contributed by atoms with E-state index in [1.54, 1.807) is 13.2 Å². The highest BCUT2D eigenvalue weighted by Crippen LogP contribution is 2.35. The fourth-order valence-corrected chi connectivity index (χ4v) is 4.48. The number of carbonyl (C=O) groups excluding carboxylic acids is 1. The molecule has 2 N–H and O–H groups in total. The summed E-state index contributed by atoms with van der Waals surface area (Å²) in [7, 11) is 1.66. The molecule has 5 heteroatoms. The number of fused-ring (bicyclic) bond motifs is 3. The Bertz CT molecular complexity index is 1470. The van der Waals surface area contributed by atoms with Crippen molar-refractivity contribution in [3.05, 3.63) is 101 Å². The van der Waals surface area contributed by atoms with E-state index in [0.29, 0.717) is 17.1 Å². The Morgan fingerprint density at radius 3 is 2.38 bits per heavy atom. The number of hydrogen-bond acceptors (Lipinski definition) is 2. The second-order valence-corrected chi connectivity index (χ2v) is 8.11. The lowest BCUT2D eigenvalue weighted by Crippen LogP contribution is -2.11. The molecular weight excluding hydrogens is 420 g/mol. The van der Waals surface area contributed by atoms with Crippen LogP contribution in [0, 0.1) is 0 Å². The molecule has 1 aromatic heterocycles. The van der Waals surface area contributed by atoms with Crippen LogP contribution in [0.4, 0.5) is 0 Å². The molecule has 5 aromatic rings. The number of rotatable bonds is 5. The van der Waals surface area contributed by atoms with E-state index in [4.69, 9.17) is 22.1 Å². The van der Waals surface area contributed by atoms with Gasteiger partial charge in [0.05, 0.1) is 18.1 Å². The summed E-state index contributed by atoms with van der Waals surface area (Å²) in [5.41, 5.74) is 11.4. The van der Waals surface area contributed by atoms with Crippen LogP contribution in [0.25, 0.3) is 32.9 Å². The minimum absolute atomic E-state index is 0.438. The Labute approximate surface area is 190 Å². The quantitative estimate of drug-likeness (QED) is 0.350. The first-order chi connectivity index (χ1) is 15.6. The highest BCUT2D eigenvalue weighted by Gasteiger charge is 2.17. The van der Waals surface area contributed by atoms with Crippen molar-refractivity contribution in [2.75, 3.05) is 7.11 Å². The fraction of sp³-hybridized carbons (Fsp3) is 0.0741. The largest absolute Gasteiger partial charge is 0.497 e. The van der Waals surface area contributed by atoms with Gasteiger partial charge in [-0.25, -0.2) is 0 Å². The summed E-state index contributed by atoms with van der Waals surface area (Å²) in [5, 5.41) is 2.56. The van der Waals surface area contributed by atoms with Gasteiger partial charge in [0, 0.05) is 27.9 Å². The molecule has 0 fully saturated rings. The molecule has 0 unspecified atom stereocenters. The number of nitrogens with zero attached hydrogens (tertiary/aromatic N) is 1. The van der Waals surface area contributed by atoms with Crippen molar-refractivity contribution in [2.24, 2.45) is 5.73 Å². The smallest absolute Gasteiger partial charge is 0.249 e. The van der Waals surface area contributed by atoms with Gasteiger partial charge in [-0.05, 0) is 53.1 Å². The number of aromatic nitrogens is 1. The molecule has 0 saturated carbocycles. The predicted molar refractivity (Wildman–Crippen MR) is 131 cm³/mol. The second-order valence-electron chi connectivity index (χ2n) is 7.70. The van der Waals surface area contributed by atoms with Crippen LogP contribution in [0.2, 0.25) is 5.02 Å². The van der Waals surface area contributed by atoms with Crippen LogP contribution in [0.5, 0.6) is 5.75 Å². The topological polar surface area (TPSA) is 57.2 Å². The lowest BCUT2D eigenvalue weighted by Gasteiger charge is -2.11. The SMILES string of the molecule is COc1ccc(-c2ccc3c4c(C(N)=O)cccc4n(Cc4ccccc4Cl)c3c2)cc1. The van der Waals surface area contributed by atoms with Crippen molar-refractivity contribution in [3.8, 4) is 16.9 Å². The molecule has 5 rings (SSSR count). The molecule has 4 nitrogen and oxygen atoms in total. The van der Waals surface area contributed by atoms with Gasteiger partial charge in [0.25, 0.3) is 0 Å². The summed E-state index contributed by atoms with van der Waals surface area (Å²) in [6, 6.07) is 27.7. The number of benzene rings is 4. The molecule has 158 valence electrons. The van der Waals surface area contributed by atoms with Crippen molar-refractivity contribution in [2.45, 2.75) is 6.54 Å². The third kappa shape index (κ3) is 3.39. The first-order valence-corrected chi connectivity index (χ1v) is 10.7. The van der Waals surface area contributed by atoms with E-state index in [1.165, 1.54) is 0 Å². The lowest BCUT2D eigenvalue weighted by molar-refractivity contribution is 0.100. The third-order valence-corrected chi connectivity index (χ3v) is 6.23. The van der Waals surface area contributed by atoms with E-state index >= 15 is 0 Å². The summed E-state index contributed by atoms with van der Waals surface area (Å²) in [5.74, 6) is 0.375. The van der Waals surface area contributed by atoms with E-state index < -0.39 is 5.91 Å². The van der Waals surface area contributed by atoms with Crippen molar-refractivity contribution in [1.82, 2.24) is 4.57 Å². The monoisotopic (exact) mass is 440 g/mol. The van der Waals surface area contributed by atoms with Gasteiger partial charge in [0.1, 0.15) is 5.75 Å². The van der Waals surface area contributed by atoms with Gasteiger partial charge in [-0.2, -0.15) is 0 Å². The second kappa shape index (κ2) is 8.06. The summed E-state index contributed by atoms with van der Waals surface area (Å²) in [6.45, 7) is 0.577. The van der Waals surface area contributed by atoms with Gasteiger partial charge < -0.3 is 15.0 Å². The standard InChI is InChI=1S/C27H21ClN2O2/c1-32-20-12-9-17(10-13-20)18-11-14-21-25(15-18)30(16-19-5-2-3-7-23(19)28)24-8-4-6-22(26(21)24)27(29)31/h2-15H,16H2,1H3,(H2,29,31). The third-order valence-electron chi connectivity index (χ3n) is 5.87. The molecule has 0 radical (unpaired) electrons. The Morgan fingerprint density at radius 1 is 0.906 bits per heavy atom. The number of halogens is 1. The number of methoxy groups -OCH3 is 1. The van der Waals surface area contributed by atoms with Gasteiger partial charge in [0.15, 0.2) is 0 Å². The molecule has 0 aliphatic rings. The number of ether oxygens (including phenoxy) is 1. The molecule has 0 bridgehead atoms. The molecule has 0 saturated heterocycles. The maximum Gasteiger partial charge on any atom is 0.249 e. The Balaban J connectivity index is 1.78. The van der Waals surface area contributed by atoms with E-state index in [2.05, 4.69) is 22.8 Å². The van der Waals surface area contributed by atoms with Crippen LogP contribution >= 0.6 is 11.6 Å². The Morgan fingerprint density at radius 2 is 1.66 bits per heavy atom. The number of carbonyl (C=O) groups is 1. The van der Waals surface area contributed by atoms with Gasteiger partial charge >= 0.3 is 0 Å². The fourth-order valence-electron chi connectivity index (χ4n) is 4.28. The maximum atomic E-state index is 12.2. The minimum atomic E-state index is -0.438. The van der Waals surface area contributed by atoms with Crippen molar-refractivity contribution < 1.29 is 9.53 Å². The summed E-state index contributed by atoms with van der Waals surface area (Å²) in [4.78, 5) is 12.2. The van der Waals surface area contributed by atoms with Crippen LogP contribution in [0.1, 0.15) is 15.9 Å². The highest BCUT2D eigenvalue weighted by atomic mass is 35.5. The number of hydrogen-bond donors (Lipinski definition) is 1. The molecule has 1 heterocycles. The molecular formula is C27H21ClN2O2. The van der Waals surface area contributed by atoms with E-state index in [0.717, 1.165) is 44.2 Å². The van der Waals surface area contributed by atoms with Crippen LogP contribution in [-0.4, -0.2) is 17.6 Å². The van der Waals surface area contributed by atoms with Crippen LogP contribution in [0.15, 0.2) is 84.9 Å². The number of amides is 1. The van der Waals surface area contributed by atoms with E-state index in [-0.39, 0.29) is 0 Å². The molecule has 4 aromatic carbocycles. The van der Waals surface area contributed by atoms with Crippen molar-refractivity contribution >= 4 is 39.3 Å². The minimum Gasteiger partial charge on any atom is -0.497 e. The normalized spacial score (nSPS) is 11.2. The summed E-state index contributed by atoms with van der Waals surface area (Å²) < 4.78 is 7.49. The summed E-state index contributed by atoms with van der Waals surface area (Å²) >= 11 is 6.48. The van der Waals surface area contributed by atoms with Gasteiger partial charge in [-0.1, -0.05) is 60.1 Å². The Hall–Kier alpha value is -3.76. The first-order valence-electron chi connectivity index (χ1n) is 10.3. The van der Waals surface area contributed by atoms with E-state index in [1.807, 2.05) is 60.7 Å². The zero-order valence-electron chi connectivity index (χ0n) is 17.5. The molecule has 0 aliphatic heterocycles. The van der Waals surface area contributed by atoms with E-state index in [9.17, 15) is 4.79 Å². The summed E-state index contributed by atoms with van der Waals surface area (Å²) in [6.07, 6.45) is 0. The zero-order valence-corrected chi connectivity index (χ0v) is 18.3. The molecule has 0 spiro atoms. The average molecular weight is 441 g/mol. The van der Waals surface area contributed by atoms with Crippen molar-refractivity contribution in [1.29, 1.82) is 0 Å². The first kappa shape index (κ1) is 20.2. The van der Waals surface area contributed by atoms with Crippen LogP contribution in [0.3, 0.4) is 0 Å². The zero-order chi connectivity index (χ0) is 22.2. The number of primary amides is 1. The van der Waals surface area contributed by atoms with Gasteiger partial charge in [-0.3, -0.25) is 4.79 Å². The highest BCUT2D eigenvalue weighted by molar-refractivity contribution is 6.31. The van der Waals surface area contributed by atoms with Crippen LogP contribution in [-0.2, 0) is 6.54 Å². The average Bonchev–Trinajstić information content (AvgIpc) is 3.13. The van der Waals surface area contributed by atoms with Gasteiger partial charge in [0.2, 0.25) is 5.91 Å². The number of nitrogens with two attached hydrogens (primary N) is 1. The molecule has 0 aliphatic carbocycles. The molecule has 1 amide bonds. The maximum absolute atomic E-state index is 12.2. The molecule has 32 heavy (non-hydrogen) atoms. The van der Waals surface area contributed by atoms with Crippen molar-refractivity contribution in [3.63, 3.8) is 0 Å². The Kier molecular flexibility index (Phi) is 5.08. The predicted octanol–water partition coefficient (Wildman–Crippen LogP) is 6.27. The molecule has 0 atom stereocenters. The van der Waals surface area contributed by atoms with Crippen LogP contribution < -0.4 is 10.5 Å². The lowest BCUT2D eigenvalue weighted by atomic mass is 10.0. The van der Waals surface area contributed by atoms with Gasteiger partial charge in [-0.15, -0.1) is 0 Å².